The van der Waals surface area contributed by atoms with Gasteiger partial charge in [-0.1, -0.05) is 6.07 Å². The van der Waals surface area contributed by atoms with Crippen LogP contribution in [0.15, 0.2) is 24.3 Å². The fourth-order valence-corrected chi connectivity index (χ4v) is 1.85. The van der Waals surface area contributed by atoms with Crippen molar-refractivity contribution in [2.24, 2.45) is 0 Å². The summed E-state index contributed by atoms with van der Waals surface area (Å²) in [5.41, 5.74) is 0.175. The standard InChI is InChI=1S/C14H18F4N2O3/c15-10-2-1-3-11(6-10)19-13(23)8-20(7-12(22)9-21)5-4-14(16,17)18/h1-3,6,12,21-22H,4-5,7-9H2,(H,19,23)/t12-/m0/s1. The Morgan fingerprint density at radius 3 is 2.61 bits per heavy atom. The molecule has 0 bridgehead atoms. The zero-order chi connectivity index (χ0) is 17.5. The van der Waals surface area contributed by atoms with E-state index in [4.69, 9.17) is 5.11 Å². The fraction of sp³-hybridized carbons (Fsp3) is 0.500. The van der Waals surface area contributed by atoms with Crippen LogP contribution in [0, 0.1) is 5.82 Å². The number of hydrogen-bond acceptors (Lipinski definition) is 4. The van der Waals surface area contributed by atoms with Crippen LogP contribution >= 0.6 is 0 Å². The molecule has 3 N–H and O–H groups in total. The first-order valence-electron chi connectivity index (χ1n) is 6.83. The summed E-state index contributed by atoms with van der Waals surface area (Å²) in [6.45, 7) is -1.85. The molecule has 9 heteroatoms. The minimum Gasteiger partial charge on any atom is -0.394 e. The molecule has 5 nitrogen and oxygen atoms in total. The molecule has 0 aliphatic rings. The number of carbonyl (C=O) groups excluding carboxylic acids is 1. The van der Waals surface area contributed by atoms with Crippen LogP contribution in [0.25, 0.3) is 0 Å². The number of nitrogens with one attached hydrogen (secondary N) is 1. The van der Waals surface area contributed by atoms with Crippen molar-refractivity contribution in [1.29, 1.82) is 0 Å². The van der Waals surface area contributed by atoms with E-state index >= 15 is 0 Å². The normalized spacial score (nSPS) is 13.2. The maximum Gasteiger partial charge on any atom is 0.390 e. The first-order valence-corrected chi connectivity index (χ1v) is 6.83. The number of benzene rings is 1. The summed E-state index contributed by atoms with van der Waals surface area (Å²) in [6.07, 6.45) is -6.81. The van der Waals surface area contributed by atoms with Crippen molar-refractivity contribution >= 4 is 11.6 Å². The van der Waals surface area contributed by atoms with Crippen molar-refractivity contribution < 1.29 is 32.6 Å². The van der Waals surface area contributed by atoms with Gasteiger partial charge in [-0.05, 0) is 18.2 Å². The smallest absolute Gasteiger partial charge is 0.390 e. The molecule has 0 radical (unpaired) electrons. The van der Waals surface area contributed by atoms with Crippen LogP contribution in [0.3, 0.4) is 0 Å². The lowest BCUT2D eigenvalue weighted by Gasteiger charge is -2.24. The van der Waals surface area contributed by atoms with Gasteiger partial charge < -0.3 is 15.5 Å². The Hall–Kier alpha value is -1.71. The molecule has 0 aliphatic carbocycles. The fourth-order valence-electron chi connectivity index (χ4n) is 1.85. The molecule has 0 saturated heterocycles. The van der Waals surface area contributed by atoms with E-state index in [1.165, 1.54) is 18.2 Å². The summed E-state index contributed by atoms with van der Waals surface area (Å²) in [5, 5.41) is 20.5. The number of aliphatic hydroxyl groups is 2. The van der Waals surface area contributed by atoms with E-state index in [2.05, 4.69) is 5.32 Å². The van der Waals surface area contributed by atoms with Gasteiger partial charge in [0.25, 0.3) is 0 Å². The van der Waals surface area contributed by atoms with Crippen LogP contribution in [0.5, 0.6) is 0 Å². The van der Waals surface area contributed by atoms with E-state index < -0.39 is 50.1 Å². The number of halogens is 4. The molecule has 130 valence electrons. The zero-order valence-electron chi connectivity index (χ0n) is 12.2. The van der Waals surface area contributed by atoms with Crippen molar-refractivity contribution in [3.8, 4) is 0 Å². The SMILES string of the molecule is O=C(CN(CCC(F)(F)F)C[C@H](O)CO)Nc1cccc(F)c1. The predicted molar refractivity (Wildman–Crippen MR) is 75.2 cm³/mol. The summed E-state index contributed by atoms with van der Waals surface area (Å²) in [4.78, 5) is 12.9. The van der Waals surface area contributed by atoms with Gasteiger partial charge in [0.15, 0.2) is 0 Å². The number of nitrogens with zero attached hydrogens (tertiary/aromatic N) is 1. The highest BCUT2D eigenvalue weighted by Gasteiger charge is 2.28. The van der Waals surface area contributed by atoms with E-state index in [1.54, 1.807) is 0 Å². The van der Waals surface area contributed by atoms with Crippen LogP contribution < -0.4 is 5.32 Å². The third kappa shape index (κ3) is 8.48. The van der Waals surface area contributed by atoms with Crippen LogP contribution in [0.1, 0.15) is 6.42 Å². The Balaban J connectivity index is 2.61. The van der Waals surface area contributed by atoms with Crippen molar-refractivity contribution in [2.75, 3.05) is 31.6 Å². The lowest BCUT2D eigenvalue weighted by molar-refractivity contribution is -0.140. The Labute approximate surface area is 130 Å². The molecular formula is C14H18F4N2O3. The largest absolute Gasteiger partial charge is 0.394 e. The van der Waals surface area contributed by atoms with E-state index in [1.807, 2.05) is 0 Å². The number of amides is 1. The van der Waals surface area contributed by atoms with E-state index in [-0.39, 0.29) is 12.2 Å². The molecular weight excluding hydrogens is 320 g/mol. The maximum absolute atomic E-state index is 13.0. The van der Waals surface area contributed by atoms with E-state index in [9.17, 15) is 27.5 Å². The van der Waals surface area contributed by atoms with Gasteiger partial charge in [-0.2, -0.15) is 13.2 Å². The third-order valence-corrected chi connectivity index (χ3v) is 2.87. The summed E-state index contributed by atoms with van der Waals surface area (Å²) >= 11 is 0. The lowest BCUT2D eigenvalue weighted by Crippen LogP contribution is -2.41. The Morgan fingerprint density at radius 2 is 2.04 bits per heavy atom. The molecule has 0 aromatic heterocycles. The molecule has 1 aromatic carbocycles. The second kappa shape index (κ2) is 8.80. The highest BCUT2D eigenvalue weighted by Crippen LogP contribution is 2.20. The van der Waals surface area contributed by atoms with Crippen LogP contribution in [-0.4, -0.2) is 59.5 Å². The Bertz CT molecular complexity index is 511. The number of hydrogen-bond donors (Lipinski definition) is 3. The molecule has 0 saturated carbocycles. The van der Waals surface area contributed by atoms with Gasteiger partial charge in [0.2, 0.25) is 5.91 Å². The van der Waals surface area contributed by atoms with E-state index in [0.29, 0.717) is 0 Å². The molecule has 1 aromatic rings. The number of aliphatic hydroxyl groups excluding tert-OH is 2. The molecule has 23 heavy (non-hydrogen) atoms. The molecule has 0 aliphatic heterocycles. The number of rotatable bonds is 8. The second-order valence-electron chi connectivity index (χ2n) is 5.00. The molecule has 0 heterocycles. The summed E-state index contributed by atoms with van der Waals surface area (Å²) in [6, 6.07) is 5.06. The van der Waals surface area contributed by atoms with Crippen molar-refractivity contribution in [2.45, 2.75) is 18.7 Å². The van der Waals surface area contributed by atoms with Crippen LogP contribution in [0.2, 0.25) is 0 Å². The van der Waals surface area contributed by atoms with Gasteiger partial charge in [-0.25, -0.2) is 4.39 Å². The zero-order valence-corrected chi connectivity index (χ0v) is 12.2. The Morgan fingerprint density at radius 1 is 1.35 bits per heavy atom. The van der Waals surface area contributed by atoms with Gasteiger partial charge in [0.05, 0.1) is 25.7 Å². The molecule has 0 fully saturated rings. The number of anilines is 1. The molecule has 0 unspecified atom stereocenters. The summed E-state index contributed by atoms with van der Waals surface area (Å²) in [5.74, 6) is -1.21. The van der Waals surface area contributed by atoms with Gasteiger partial charge in [0, 0.05) is 18.8 Å². The first kappa shape index (κ1) is 19.3. The first-order chi connectivity index (χ1) is 10.7. The molecule has 0 spiro atoms. The average molecular weight is 338 g/mol. The van der Waals surface area contributed by atoms with Crippen molar-refractivity contribution in [1.82, 2.24) is 4.90 Å². The topological polar surface area (TPSA) is 72.8 Å². The number of alkyl halides is 3. The van der Waals surface area contributed by atoms with Crippen LogP contribution in [0.4, 0.5) is 23.2 Å². The van der Waals surface area contributed by atoms with Gasteiger partial charge in [-0.15, -0.1) is 0 Å². The van der Waals surface area contributed by atoms with Crippen molar-refractivity contribution in [3.05, 3.63) is 30.1 Å². The lowest BCUT2D eigenvalue weighted by atomic mass is 10.2. The summed E-state index contributed by atoms with van der Waals surface area (Å²) in [7, 11) is 0. The highest BCUT2D eigenvalue weighted by atomic mass is 19.4. The van der Waals surface area contributed by atoms with E-state index in [0.717, 1.165) is 11.0 Å². The molecule has 1 amide bonds. The predicted octanol–water partition coefficient (Wildman–Crippen LogP) is 1.37. The molecule has 1 atom stereocenters. The minimum atomic E-state index is -4.40. The maximum atomic E-state index is 13.0. The quantitative estimate of drug-likeness (QED) is 0.626. The van der Waals surface area contributed by atoms with Gasteiger partial charge in [-0.3, -0.25) is 9.69 Å². The highest BCUT2D eigenvalue weighted by molar-refractivity contribution is 5.92. The summed E-state index contributed by atoms with van der Waals surface area (Å²) < 4.78 is 49.9. The third-order valence-electron chi connectivity index (χ3n) is 2.87. The molecule has 1 rings (SSSR count). The van der Waals surface area contributed by atoms with Crippen LogP contribution in [-0.2, 0) is 4.79 Å². The minimum absolute atomic E-state index is 0.175. The average Bonchev–Trinajstić information content (AvgIpc) is 2.43. The van der Waals surface area contributed by atoms with Crippen molar-refractivity contribution in [3.63, 3.8) is 0 Å². The second-order valence-corrected chi connectivity index (χ2v) is 5.00. The number of carbonyl (C=O) groups is 1. The van der Waals surface area contributed by atoms with Gasteiger partial charge in [0.1, 0.15) is 5.82 Å². The Kier molecular flexibility index (Phi) is 7.40. The van der Waals surface area contributed by atoms with Gasteiger partial charge >= 0.3 is 6.18 Å². The monoisotopic (exact) mass is 338 g/mol.